The molecule has 0 bridgehead atoms. The smallest absolute Gasteiger partial charge is 0.236 e. The summed E-state index contributed by atoms with van der Waals surface area (Å²) in [5.74, 6) is 0.593. The number of nitrogens with zero attached hydrogens (tertiary/aromatic N) is 1. The topological polar surface area (TPSA) is 67.6 Å². The lowest BCUT2D eigenvalue weighted by Crippen LogP contribution is -2.56. The van der Waals surface area contributed by atoms with Crippen LogP contribution in [0.1, 0.15) is 19.4 Å². The molecule has 1 aliphatic heterocycles. The van der Waals surface area contributed by atoms with Crippen LogP contribution in [0.4, 0.5) is 0 Å². The zero-order valence-corrected chi connectivity index (χ0v) is 12.1. The number of nitrogens with two attached hydrogens (primary N) is 1. The average Bonchev–Trinajstić information content (AvgIpc) is 2.38. The highest BCUT2D eigenvalue weighted by Gasteiger charge is 2.26. The maximum Gasteiger partial charge on any atom is 0.236 e. The molecule has 0 saturated carbocycles. The molecule has 5 heteroatoms. The van der Waals surface area contributed by atoms with Crippen molar-refractivity contribution >= 4 is 5.91 Å². The molecule has 0 radical (unpaired) electrons. The molecule has 5 nitrogen and oxygen atoms in total. The van der Waals surface area contributed by atoms with E-state index in [1.807, 2.05) is 38.1 Å². The van der Waals surface area contributed by atoms with E-state index >= 15 is 0 Å². The van der Waals surface area contributed by atoms with Gasteiger partial charge in [0.15, 0.2) is 0 Å². The van der Waals surface area contributed by atoms with Crippen LogP contribution < -0.4 is 15.8 Å². The Morgan fingerprint density at radius 1 is 1.55 bits per heavy atom. The van der Waals surface area contributed by atoms with Gasteiger partial charge >= 0.3 is 0 Å². The van der Waals surface area contributed by atoms with E-state index in [4.69, 9.17) is 10.5 Å². The summed E-state index contributed by atoms with van der Waals surface area (Å²) in [7, 11) is 0. The largest absolute Gasteiger partial charge is 0.491 e. The van der Waals surface area contributed by atoms with Crippen LogP contribution >= 0.6 is 0 Å². The molecule has 0 aliphatic carbocycles. The first-order valence-corrected chi connectivity index (χ1v) is 7.06. The monoisotopic (exact) mass is 277 g/mol. The van der Waals surface area contributed by atoms with Crippen molar-refractivity contribution in [2.75, 3.05) is 19.6 Å². The number of benzene rings is 1. The predicted molar refractivity (Wildman–Crippen MR) is 78.5 cm³/mol. The first kappa shape index (κ1) is 14.8. The van der Waals surface area contributed by atoms with Crippen LogP contribution in [0.5, 0.6) is 5.75 Å². The second-order valence-corrected chi connectivity index (χ2v) is 5.41. The number of hydrogen-bond donors (Lipinski definition) is 2. The van der Waals surface area contributed by atoms with Crippen molar-refractivity contribution in [3.8, 4) is 5.75 Å². The van der Waals surface area contributed by atoms with Crippen LogP contribution in [-0.2, 0) is 11.3 Å². The Labute approximate surface area is 120 Å². The van der Waals surface area contributed by atoms with Crippen molar-refractivity contribution in [2.24, 2.45) is 5.73 Å². The minimum Gasteiger partial charge on any atom is -0.491 e. The summed E-state index contributed by atoms with van der Waals surface area (Å²) < 4.78 is 5.70. The maximum atomic E-state index is 11.5. The molecule has 3 N–H and O–H groups in total. The van der Waals surface area contributed by atoms with E-state index in [0.717, 1.165) is 24.4 Å². The molecule has 1 fully saturated rings. The van der Waals surface area contributed by atoms with Gasteiger partial charge in [-0.05, 0) is 31.5 Å². The lowest BCUT2D eigenvalue weighted by Gasteiger charge is -2.34. The summed E-state index contributed by atoms with van der Waals surface area (Å²) >= 11 is 0. The second kappa shape index (κ2) is 6.72. The molecular weight excluding hydrogens is 254 g/mol. The molecule has 0 spiro atoms. The highest BCUT2D eigenvalue weighted by atomic mass is 16.5. The number of piperazine rings is 1. The fourth-order valence-corrected chi connectivity index (χ4v) is 2.44. The molecule has 0 aromatic heterocycles. The Bertz CT molecular complexity index is 462. The Kier molecular flexibility index (Phi) is 4.98. The van der Waals surface area contributed by atoms with Crippen molar-refractivity contribution in [2.45, 2.75) is 32.5 Å². The van der Waals surface area contributed by atoms with Crippen molar-refractivity contribution in [3.63, 3.8) is 0 Å². The van der Waals surface area contributed by atoms with Gasteiger partial charge in [-0.1, -0.05) is 12.1 Å². The Morgan fingerprint density at radius 3 is 3.05 bits per heavy atom. The summed E-state index contributed by atoms with van der Waals surface area (Å²) in [5.41, 5.74) is 6.60. The zero-order chi connectivity index (χ0) is 14.5. The van der Waals surface area contributed by atoms with E-state index in [0.29, 0.717) is 13.1 Å². The molecule has 1 aromatic rings. The van der Waals surface area contributed by atoms with Crippen LogP contribution in [-0.4, -0.2) is 42.6 Å². The summed E-state index contributed by atoms with van der Waals surface area (Å²) in [4.78, 5) is 13.6. The Morgan fingerprint density at radius 2 is 2.35 bits per heavy atom. The van der Waals surface area contributed by atoms with E-state index < -0.39 is 0 Å². The molecule has 1 aromatic carbocycles. The van der Waals surface area contributed by atoms with Gasteiger partial charge in [-0.15, -0.1) is 0 Å². The van der Waals surface area contributed by atoms with E-state index in [1.54, 1.807) is 0 Å². The fraction of sp³-hybridized carbons (Fsp3) is 0.533. The Balaban J connectivity index is 2.06. The first-order chi connectivity index (χ1) is 9.56. The first-order valence-electron chi connectivity index (χ1n) is 7.06. The van der Waals surface area contributed by atoms with Crippen molar-refractivity contribution in [3.05, 3.63) is 29.8 Å². The number of rotatable bonds is 5. The van der Waals surface area contributed by atoms with Crippen LogP contribution in [0.25, 0.3) is 0 Å². The van der Waals surface area contributed by atoms with Gasteiger partial charge in [0.2, 0.25) is 5.91 Å². The van der Waals surface area contributed by atoms with Crippen LogP contribution in [0, 0.1) is 0 Å². The quantitative estimate of drug-likeness (QED) is 0.833. The van der Waals surface area contributed by atoms with Gasteiger partial charge in [-0.25, -0.2) is 0 Å². The minimum absolute atomic E-state index is 0.155. The third kappa shape index (κ3) is 3.95. The highest BCUT2D eigenvalue weighted by molar-refractivity contribution is 5.80. The van der Waals surface area contributed by atoms with Crippen molar-refractivity contribution < 1.29 is 9.53 Å². The van der Waals surface area contributed by atoms with Crippen molar-refractivity contribution in [1.82, 2.24) is 10.2 Å². The molecule has 110 valence electrons. The summed E-state index contributed by atoms with van der Waals surface area (Å²) in [6, 6.07) is 7.77. The highest BCUT2D eigenvalue weighted by Crippen LogP contribution is 2.17. The maximum absolute atomic E-state index is 11.5. The number of carbonyl (C=O) groups is 1. The van der Waals surface area contributed by atoms with Gasteiger partial charge in [0.1, 0.15) is 11.8 Å². The van der Waals surface area contributed by atoms with Gasteiger partial charge in [0, 0.05) is 26.2 Å². The second-order valence-electron chi connectivity index (χ2n) is 5.41. The van der Waals surface area contributed by atoms with E-state index in [2.05, 4.69) is 10.2 Å². The van der Waals surface area contributed by atoms with E-state index in [9.17, 15) is 4.79 Å². The molecule has 20 heavy (non-hydrogen) atoms. The molecular formula is C15H23N3O2. The van der Waals surface area contributed by atoms with E-state index in [1.165, 1.54) is 0 Å². The van der Waals surface area contributed by atoms with Gasteiger partial charge < -0.3 is 15.8 Å². The molecule has 1 atom stereocenters. The number of ether oxygens (including phenoxy) is 1. The summed E-state index contributed by atoms with van der Waals surface area (Å²) in [6.07, 6.45) is 0.155. The number of carbonyl (C=O) groups excluding carboxylic acids is 1. The lowest BCUT2D eigenvalue weighted by atomic mass is 10.1. The van der Waals surface area contributed by atoms with Crippen molar-refractivity contribution in [1.29, 1.82) is 0 Å². The fourth-order valence-electron chi connectivity index (χ4n) is 2.44. The van der Waals surface area contributed by atoms with Crippen LogP contribution in [0.15, 0.2) is 24.3 Å². The summed E-state index contributed by atoms with van der Waals surface area (Å²) in [6.45, 7) is 7.05. The normalized spacial score (nSPS) is 20.1. The number of primary amides is 1. The van der Waals surface area contributed by atoms with Gasteiger partial charge in [0.25, 0.3) is 0 Å². The lowest BCUT2D eigenvalue weighted by molar-refractivity contribution is -0.124. The standard InChI is InChI=1S/C15H23N3O2/c1-11(2)20-13-5-3-4-12(8-13)10-18-7-6-17-9-14(18)15(16)19/h3-5,8,11,14,17H,6-7,9-10H2,1-2H3,(H2,16,19). The molecule has 1 unspecified atom stereocenters. The van der Waals surface area contributed by atoms with E-state index in [-0.39, 0.29) is 18.1 Å². The van der Waals surface area contributed by atoms with Crippen LogP contribution in [0.3, 0.4) is 0 Å². The third-order valence-electron chi connectivity index (χ3n) is 3.34. The van der Waals surface area contributed by atoms with Gasteiger partial charge in [-0.3, -0.25) is 9.69 Å². The number of nitrogens with one attached hydrogen (secondary N) is 1. The number of hydrogen-bond acceptors (Lipinski definition) is 4. The molecule has 2 rings (SSSR count). The molecule has 1 aliphatic rings. The molecule has 1 heterocycles. The third-order valence-corrected chi connectivity index (χ3v) is 3.34. The summed E-state index contributed by atoms with van der Waals surface area (Å²) in [5, 5.41) is 3.20. The zero-order valence-electron chi connectivity index (χ0n) is 12.1. The molecule has 1 amide bonds. The molecule has 1 saturated heterocycles. The van der Waals surface area contributed by atoms with Crippen LogP contribution in [0.2, 0.25) is 0 Å². The minimum atomic E-state index is -0.271. The average molecular weight is 277 g/mol. The van der Waals surface area contributed by atoms with Gasteiger partial charge in [-0.2, -0.15) is 0 Å². The SMILES string of the molecule is CC(C)Oc1cccc(CN2CCNCC2C(N)=O)c1. The Hall–Kier alpha value is -1.59. The number of amides is 1. The van der Waals surface area contributed by atoms with Gasteiger partial charge in [0.05, 0.1) is 6.10 Å². The predicted octanol–water partition coefficient (Wildman–Crippen LogP) is 0.733.